The standard InChI is InChI=1S/C19H21FN2O5/c1-3-15-14(19(25)26)9-16(27-15)18(24)22(4-2)11-17(23)21-10-12-5-7-13(20)8-6-12/h5-9H,3-4,10-11H2,1-2H3,(H,21,23)(H,25,26). The summed E-state index contributed by atoms with van der Waals surface area (Å²) in [6.07, 6.45) is 0.333. The van der Waals surface area contributed by atoms with Crippen LogP contribution in [-0.4, -0.2) is 40.9 Å². The lowest BCUT2D eigenvalue weighted by Gasteiger charge is -2.19. The van der Waals surface area contributed by atoms with Gasteiger partial charge in [0.15, 0.2) is 5.76 Å². The first-order chi connectivity index (χ1) is 12.8. The zero-order valence-electron chi connectivity index (χ0n) is 15.1. The van der Waals surface area contributed by atoms with Gasteiger partial charge < -0.3 is 19.7 Å². The Morgan fingerprint density at radius 2 is 1.85 bits per heavy atom. The highest BCUT2D eigenvalue weighted by Gasteiger charge is 2.24. The second kappa shape index (κ2) is 8.98. The van der Waals surface area contributed by atoms with Crippen molar-refractivity contribution in [3.63, 3.8) is 0 Å². The molecule has 0 atom stereocenters. The highest BCUT2D eigenvalue weighted by Crippen LogP contribution is 2.18. The lowest BCUT2D eigenvalue weighted by atomic mass is 10.2. The summed E-state index contributed by atoms with van der Waals surface area (Å²) in [6, 6.07) is 6.89. The van der Waals surface area contributed by atoms with Gasteiger partial charge in [-0.3, -0.25) is 9.59 Å². The van der Waals surface area contributed by atoms with Crippen LogP contribution in [0.2, 0.25) is 0 Å². The molecule has 0 aliphatic rings. The minimum absolute atomic E-state index is 0.0577. The van der Waals surface area contributed by atoms with Crippen molar-refractivity contribution in [3.05, 3.63) is 58.8 Å². The molecule has 1 heterocycles. The fourth-order valence-electron chi connectivity index (χ4n) is 2.49. The van der Waals surface area contributed by atoms with Crippen LogP contribution in [0.25, 0.3) is 0 Å². The Labute approximate surface area is 155 Å². The third-order valence-electron chi connectivity index (χ3n) is 3.98. The Balaban J connectivity index is 2.01. The Morgan fingerprint density at radius 1 is 1.19 bits per heavy atom. The van der Waals surface area contributed by atoms with Crippen molar-refractivity contribution in [3.8, 4) is 0 Å². The largest absolute Gasteiger partial charge is 0.478 e. The molecule has 2 N–H and O–H groups in total. The van der Waals surface area contributed by atoms with E-state index in [2.05, 4.69) is 5.32 Å². The lowest BCUT2D eigenvalue weighted by molar-refractivity contribution is -0.121. The number of carbonyl (C=O) groups excluding carboxylic acids is 2. The second-order valence-electron chi connectivity index (χ2n) is 5.83. The van der Waals surface area contributed by atoms with Gasteiger partial charge in [0.2, 0.25) is 5.91 Å². The van der Waals surface area contributed by atoms with Gasteiger partial charge in [-0.1, -0.05) is 19.1 Å². The molecule has 0 spiro atoms. The van der Waals surface area contributed by atoms with Crippen LogP contribution in [0.4, 0.5) is 4.39 Å². The molecule has 144 valence electrons. The van der Waals surface area contributed by atoms with Gasteiger partial charge in [0.25, 0.3) is 5.91 Å². The van der Waals surface area contributed by atoms with Gasteiger partial charge in [-0.15, -0.1) is 0 Å². The maximum Gasteiger partial charge on any atom is 0.339 e. The maximum absolute atomic E-state index is 12.9. The molecular weight excluding hydrogens is 355 g/mol. The number of carboxylic acids is 1. The normalized spacial score (nSPS) is 10.5. The van der Waals surface area contributed by atoms with Gasteiger partial charge in [-0.2, -0.15) is 0 Å². The maximum atomic E-state index is 12.9. The number of aromatic carboxylic acids is 1. The predicted molar refractivity (Wildman–Crippen MR) is 94.9 cm³/mol. The summed E-state index contributed by atoms with van der Waals surface area (Å²) in [5, 5.41) is 11.8. The number of benzene rings is 1. The molecule has 0 bridgehead atoms. The molecule has 0 aliphatic carbocycles. The average molecular weight is 376 g/mol. The smallest absolute Gasteiger partial charge is 0.339 e. The summed E-state index contributed by atoms with van der Waals surface area (Å²) in [4.78, 5) is 37.1. The number of carbonyl (C=O) groups is 3. The Morgan fingerprint density at radius 3 is 2.37 bits per heavy atom. The van der Waals surface area contributed by atoms with Crippen LogP contribution < -0.4 is 5.32 Å². The van der Waals surface area contributed by atoms with E-state index in [4.69, 9.17) is 9.52 Å². The highest BCUT2D eigenvalue weighted by atomic mass is 19.1. The summed E-state index contributed by atoms with van der Waals surface area (Å²) < 4.78 is 18.2. The molecule has 0 fully saturated rings. The first-order valence-corrected chi connectivity index (χ1v) is 8.52. The number of halogens is 1. The van der Waals surface area contributed by atoms with E-state index in [1.54, 1.807) is 26.0 Å². The Bertz CT molecular complexity index is 829. The molecular formula is C19H21FN2O5. The summed E-state index contributed by atoms with van der Waals surface area (Å²) in [5.74, 6) is -2.39. The highest BCUT2D eigenvalue weighted by molar-refractivity contribution is 5.97. The molecule has 0 saturated carbocycles. The van der Waals surface area contributed by atoms with Crippen LogP contribution in [0, 0.1) is 5.82 Å². The third kappa shape index (κ3) is 5.16. The minimum Gasteiger partial charge on any atom is -0.478 e. The molecule has 0 radical (unpaired) electrons. The Kier molecular flexibility index (Phi) is 6.70. The molecule has 2 aromatic rings. The van der Waals surface area contributed by atoms with Crippen LogP contribution in [-0.2, 0) is 17.8 Å². The van der Waals surface area contributed by atoms with Crippen molar-refractivity contribution >= 4 is 17.8 Å². The molecule has 2 rings (SSSR count). The van der Waals surface area contributed by atoms with Gasteiger partial charge in [0.1, 0.15) is 17.1 Å². The predicted octanol–water partition coefficient (Wildman–Crippen LogP) is 2.46. The van der Waals surface area contributed by atoms with Gasteiger partial charge in [0.05, 0.1) is 6.54 Å². The van der Waals surface area contributed by atoms with E-state index < -0.39 is 17.8 Å². The van der Waals surface area contributed by atoms with Crippen molar-refractivity contribution in [2.24, 2.45) is 0 Å². The minimum atomic E-state index is -1.17. The molecule has 0 unspecified atom stereocenters. The summed E-state index contributed by atoms with van der Waals surface area (Å²) in [6.45, 7) is 3.66. The number of rotatable bonds is 8. The monoisotopic (exact) mass is 376 g/mol. The number of hydrogen-bond donors (Lipinski definition) is 2. The van der Waals surface area contributed by atoms with Gasteiger partial charge >= 0.3 is 5.97 Å². The zero-order valence-corrected chi connectivity index (χ0v) is 15.1. The summed E-state index contributed by atoms with van der Waals surface area (Å²) >= 11 is 0. The van der Waals surface area contributed by atoms with E-state index in [9.17, 15) is 18.8 Å². The SMILES string of the molecule is CCc1oc(C(=O)N(CC)CC(=O)NCc2ccc(F)cc2)cc1C(=O)O. The Hall–Kier alpha value is -3.16. The van der Waals surface area contributed by atoms with Crippen molar-refractivity contribution in [2.75, 3.05) is 13.1 Å². The molecule has 7 nitrogen and oxygen atoms in total. The molecule has 8 heteroatoms. The third-order valence-corrected chi connectivity index (χ3v) is 3.98. The van der Waals surface area contributed by atoms with Crippen LogP contribution >= 0.6 is 0 Å². The van der Waals surface area contributed by atoms with E-state index in [0.29, 0.717) is 6.42 Å². The summed E-state index contributed by atoms with van der Waals surface area (Å²) in [7, 11) is 0. The van der Waals surface area contributed by atoms with E-state index in [1.165, 1.54) is 23.1 Å². The van der Waals surface area contributed by atoms with Gasteiger partial charge in [-0.25, -0.2) is 9.18 Å². The first kappa shape index (κ1) is 20.2. The fourth-order valence-corrected chi connectivity index (χ4v) is 2.49. The summed E-state index contributed by atoms with van der Waals surface area (Å²) in [5.41, 5.74) is 0.668. The number of furan rings is 1. The van der Waals surface area contributed by atoms with Crippen molar-refractivity contribution in [1.82, 2.24) is 10.2 Å². The van der Waals surface area contributed by atoms with Crippen LogP contribution in [0.1, 0.15) is 46.1 Å². The number of nitrogens with zero attached hydrogens (tertiary/aromatic N) is 1. The van der Waals surface area contributed by atoms with E-state index in [-0.39, 0.29) is 42.5 Å². The number of likely N-dealkylation sites (N-methyl/N-ethyl adjacent to an activating group) is 1. The molecule has 0 saturated heterocycles. The quantitative estimate of drug-likeness (QED) is 0.737. The van der Waals surface area contributed by atoms with Crippen molar-refractivity contribution < 1.29 is 28.3 Å². The molecule has 0 aliphatic heterocycles. The first-order valence-electron chi connectivity index (χ1n) is 8.52. The van der Waals surface area contributed by atoms with Crippen LogP contribution in [0.5, 0.6) is 0 Å². The number of amides is 2. The fraction of sp³-hybridized carbons (Fsp3) is 0.316. The van der Waals surface area contributed by atoms with Crippen molar-refractivity contribution in [1.29, 1.82) is 0 Å². The van der Waals surface area contributed by atoms with E-state index >= 15 is 0 Å². The lowest BCUT2D eigenvalue weighted by Crippen LogP contribution is -2.40. The topological polar surface area (TPSA) is 99.9 Å². The second-order valence-corrected chi connectivity index (χ2v) is 5.83. The van der Waals surface area contributed by atoms with Crippen LogP contribution in [0.3, 0.4) is 0 Å². The van der Waals surface area contributed by atoms with Gasteiger partial charge in [-0.05, 0) is 24.6 Å². The molecule has 1 aromatic heterocycles. The van der Waals surface area contributed by atoms with Crippen molar-refractivity contribution in [2.45, 2.75) is 26.8 Å². The number of nitrogens with one attached hydrogen (secondary N) is 1. The van der Waals surface area contributed by atoms with Gasteiger partial charge in [0, 0.05) is 25.6 Å². The molecule has 2 amide bonds. The molecule has 27 heavy (non-hydrogen) atoms. The zero-order chi connectivity index (χ0) is 20.0. The molecule has 1 aromatic carbocycles. The average Bonchev–Trinajstić information content (AvgIpc) is 3.10. The number of hydrogen-bond acceptors (Lipinski definition) is 4. The number of carboxylic acid groups (broad SMARTS) is 1. The number of aryl methyl sites for hydroxylation is 1. The van der Waals surface area contributed by atoms with E-state index in [1.807, 2.05) is 0 Å². The van der Waals surface area contributed by atoms with Crippen LogP contribution in [0.15, 0.2) is 34.7 Å². The van der Waals surface area contributed by atoms with E-state index in [0.717, 1.165) is 5.56 Å².